The number of carbonyl (C=O) groups excluding carboxylic acids is 5. The van der Waals surface area contributed by atoms with Gasteiger partial charge in [-0.3, -0.25) is 24.7 Å². The summed E-state index contributed by atoms with van der Waals surface area (Å²) in [5.41, 5.74) is -0.144. The Morgan fingerprint density at radius 1 is 0.591 bits per heavy atom. The molecule has 0 bridgehead atoms. The van der Waals surface area contributed by atoms with Crippen LogP contribution < -0.4 is 0 Å². The number of Topliss-reactive ketones (excluding diaryl/α,β-unsaturated/α-hetero) is 1. The Hall–Kier alpha value is -5.89. The van der Waals surface area contributed by atoms with E-state index in [0.29, 0.717) is 0 Å². The van der Waals surface area contributed by atoms with E-state index in [1.54, 1.807) is 0 Å². The van der Waals surface area contributed by atoms with Crippen LogP contribution in [0.4, 0.5) is 0 Å². The third-order valence-corrected chi connectivity index (χ3v) is 5.83. The van der Waals surface area contributed by atoms with Crippen molar-refractivity contribution in [3.63, 3.8) is 0 Å². The lowest BCUT2D eigenvalue weighted by Crippen LogP contribution is -2.51. The molecule has 224 valence electrons. The molecule has 0 saturated heterocycles. The van der Waals surface area contributed by atoms with E-state index in [9.17, 15) is 29.1 Å². The second kappa shape index (κ2) is 15.4. The summed E-state index contributed by atoms with van der Waals surface area (Å²) < 4.78 is 21.5. The molecule has 0 aliphatic carbocycles. The Labute approximate surface area is 249 Å². The van der Waals surface area contributed by atoms with E-state index in [2.05, 4.69) is 19.9 Å². The molecule has 3 atom stereocenters. The van der Waals surface area contributed by atoms with Crippen molar-refractivity contribution < 1.29 is 48.0 Å². The fourth-order valence-electron chi connectivity index (χ4n) is 3.67. The number of hydrogen-bond acceptors (Lipinski definition) is 14. The fraction of sp³-hybridized carbons (Fsp3) is 0.167. The van der Waals surface area contributed by atoms with Gasteiger partial charge in [-0.2, -0.15) is 0 Å². The van der Waals surface area contributed by atoms with E-state index in [1.165, 1.54) is 91.9 Å². The molecular formula is C30H24N4O10. The lowest BCUT2D eigenvalue weighted by Gasteiger charge is -2.31. The van der Waals surface area contributed by atoms with Gasteiger partial charge in [0.15, 0.2) is 18.8 Å². The summed E-state index contributed by atoms with van der Waals surface area (Å²) in [6, 6.07) is 11.3. The summed E-state index contributed by atoms with van der Waals surface area (Å²) in [4.78, 5) is 80.5. The first-order valence-electron chi connectivity index (χ1n) is 12.9. The van der Waals surface area contributed by atoms with Crippen LogP contribution in [0.1, 0.15) is 41.4 Å². The number of nitrogens with zero attached hydrogens (tertiary/aromatic N) is 4. The van der Waals surface area contributed by atoms with Gasteiger partial charge in [0.1, 0.15) is 0 Å². The Balaban J connectivity index is 1.68. The number of ketones is 1. The van der Waals surface area contributed by atoms with Crippen LogP contribution in [0.15, 0.2) is 98.1 Å². The molecule has 0 spiro atoms. The topological polar surface area (TPSA) is 194 Å². The number of carbonyl (C=O) groups is 5. The van der Waals surface area contributed by atoms with Crippen LogP contribution in [0.2, 0.25) is 0 Å². The van der Waals surface area contributed by atoms with Crippen LogP contribution in [-0.4, -0.2) is 86.2 Å². The first-order valence-corrected chi connectivity index (χ1v) is 12.9. The SMILES string of the molecule is O=C(OCC(=O)[C@@H](OC(=O)c1cccnc1)[C@H](OC(=O)c1cccnc1)[C@@H](CO)OC(=O)c1cccnc1)c1cccnc1. The molecule has 0 saturated carbocycles. The van der Waals surface area contributed by atoms with Gasteiger partial charge < -0.3 is 24.1 Å². The molecule has 14 heteroatoms. The van der Waals surface area contributed by atoms with E-state index in [-0.39, 0.29) is 22.3 Å². The molecular weight excluding hydrogens is 576 g/mol. The maximum absolute atomic E-state index is 13.6. The van der Waals surface area contributed by atoms with Crippen LogP contribution >= 0.6 is 0 Å². The predicted octanol–water partition coefficient (Wildman–Crippen LogP) is 1.66. The standard InChI is InChI=1S/C30H24N4O10/c35-17-24(42-28(38)20-6-2-10-32-14-20)26(44-30(40)22-8-4-12-34-16-22)25(43-29(39)21-7-3-11-33-15-21)23(36)18-41-27(37)19-5-1-9-31-13-19/h1-16,24-26,35H,17-18H2/t24-,25-,26-/m1/s1. The second-order valence-electron chi connectivity index (χ2n) is 8.83. The summed E-state index contributed by atoms with van der Waals surface area (Å²) in [6.07, 6.45) is 4.64. The summed E-state index contributed by atoms with van der Waals surface area (Å²) in [5, 5.41) is 10.3. The van der Waals surface area contributed by atoms with E-state index in [4.69, 9.17) is 18.9 Å². The number of pyridine rings is 4. The first kappa shape index (κ1) is 31.1. The van der Waals surface area contributed by atoms with Gasteiger partial charge in [-0.25, -0.2) is 19.2 Å². The molecule has 0 amide bonds. The molecule has 0 radical (unpaired) electrons. The molecule has 0 aliphatic heterocycles. The average Bonchev–Trinajstić information content (AvgIpc) is 3.08. The summed E-state index contributed by atoms with van der Waals surface area (Å²) in [6.45, 7) is -1.95. The van der Waals surface area contributed by atoms with Crippen molar-refractivity contribution in [2.75, 3.05) is 13.2 Å². The maximum atomic E-state index is 13.6. The third-order valence-electron chi connectivity index (χ3n) is 5.83. The normalized spacial score (nSPS) is 12.6. The number of rotatable bonds is 13. The molecule has 0 aliphatic rings. The van der Waals surface area contributed by atoms with E-state index >= 15 is 0 Å². The number of aliphatic hydroxyl groups excluding tert-OH is 1. The highest BCUT2D eigenvalue weighted by molar-refractivity contribution is 5.96. The van der Waals surface area contributed by atoms with Gasteiger partial charge in [-0.15, -0.1) is 0 Å². The largest absolute Gasteiger partial charge is 0.454 e. The lowest BCUT2D eigenvalue weighted by atomic mass is 10.0. The zero-order valence-electron chi connectivity index (χ0n) is 22.8. The van der Waals surface area contributed by atoms with Crippen molar-refractivity contribution in [1.82, 2.24) is 19.9 Å². The highest BCUT2D eigenvalue weighted by Gasteiger charge is 2.43. The Kier molecular flexibility index (Phi) is 10.8. The third kappa shape index (κ3) is 8.33. The van der Waals surface area contributed by atoms with Crippen LogP contribution in [0.3, 0.4) is 0 Å². The Bertz CT molecular complexity index is 1570. The quantitative estimate of drug-likeness (QED) is 0.172. The van der Waals surface area contributed by atoms with Crippen LogP contribution in [0.25, 0.3) is 0 Å². The minimum Gasteiger partial charge on any atom is -0.454 e. The molecule has 4 aromatic rings. The number of aliphatic hydroxyl groups is 1. The minimum atomic E-state index is -2.05. The molecule has 0 fully saturated rings. The van der Waals surface area contributed by atoms with Crippen LogP contribution in [-0.2, 0) is 23.7 Å². The van der Waals surface area contributed by atoms with Crippen molar-refractivity contribution in [3.05, 3.63) is 120 Å². The van der Waals surface area contributed by atoms with Gasteiger partial charge in [0.05, 0.1) is 28.9 Å². The zero-order valence-corrected chi connectivity index (χ0v) is 22.8. The van der Waals surface area contributed by atoms with Crippen LogP contribution in [0.5, 0.6) is 0 Å². The van der Waals surface area contributed by atoms with Gasteiger partial charge in [0.2, 0.25) is 11.9 Å². The van der Waals surface area contributed by atoms with Crippen molar-refractivity contribution in [1.29, 1.82) is 0 Å². The number of hydrogen-bond donors (Lipinski definition) is 1. The van der Waals surface area contributed by atoms with E-state index in [0.717, 1.165) is 6.20 Å². The molecule has 14 nitrogen and oxygen atoms in total. The fourth-order valence-corrected chi connectivity index (χ4v) is 3.67. The van der Waals surface area contributed by atoms with Gasteiger partial charge in [-0.05, 0) is 48.5 Å². The van der Waals surface area contributed by atoms with E-state index in [1.807, 2.05) is 0 Å². The minimum absolute atomic E-state index is 0.0242. The van der Waals surface area contributed by atoms with Crippen molar-refractivity contribution in [2.24, 2.45) is 0 Å². The molecule has 44 heavy (non-hydrogen) atoms. The van der Waals surface area contributed by atoms with Crippen LogP contribution in [0, 0.1) is 0 Å². The molecule has 4 aromatic heterocycles. The second-order valence-corrected chi connectivity index (χ2v) is 8.83. The van der Waals surface area contributed by atoms with Gasteiger partial charge in [-0.1, -0.05) is 0 Å². The Morgan fingerprint density at radius 3 is 1.41 bits per heavy atom. The molecule has 0 aromatic carbocycles. The summed E-state index contributed by atoms with van der Waals surface area (Å²) in [7, 11) is 0. The summed E-state index contributed by atoms with van der Waals surface area (Å²) >= 11 is 0. The molecule has 4 rings (SSSR count). The number of aromatic nitrogens is 4. The number of esters is 4. The maximum Gasteiger partial charge on any atom is 0.340 e. The summed E-state index contributed by atoms with van der Waals surface area (Å²) in [5.74, 6) is -5.12. The lowest BCUT2D eigenvalue weighted by molar-refractivity contribution is -0.145. The highest BCUT2D eigenvalue weighted by atomic mass is 16.6. The first-order chi connectivity index (χ1) is 21.4. The molecule has 4 heterocycles. The number of ether oxygens (including phenoxy) is 4. The Morgan fingerprint density at radius 2 is 1.00 bits per heavy atom. The molecule has 0 unspecified atom stereocenters. The predicted molar refractivity (Wildman–Crippen MR) is 147 cm³/mol. The average molecular weight is 601 g/mol. The van der Waals surface area contributed by atoms with Crippen molar-refractivity contribution in [3.8, 4) is 0 Å². The smallest absolute Gasteiger partial charge is 0.340 e. The molecule has 1 N–H and O–H groups in total. The van der Waals surface area contributed by atoms with Crippen molar-refractivity contribution >= 4 is 29.7 Å². The van der Waals surface area contributed by atoms with Gasteiger partial charge >= 0.3 is 23.9 Å². The monoisotopic (exact) mass is 600 g/mol. The van der Waals surface area contributed by atoms with E-state index < -0.39 is 61.2 Å². The van der Waals surface area contributed by atoms with Gasteiger partial charge in [0.25, 0.3) is 0 Å². The van der Waals surface area contributed by atoms with Crippen molar-refractivity contribution in [2.45, 2.75) is 18.3 Å². The zero-order chi connectivity index (χ0) is 31.3. The van der Waals surface area contributed by atoms with Gasteiger partial charge in [0, 0.05) is 49.6 Å². The highest BCUT2D eigenvalue weighted by Crippen LogP contribution is 2.20.